The van der Waals surface area contributed by atoms with E-state index >= 15 is 0 Å². The molecule has 16 heavy (non-hydrogen) atoms. The molecule has 0 saturated heterocycles. The van der Waals surface area contributed by atoms with Gasteiger partial charge >= 0.3 is 0 Å². The summed E-state index contributed by atoms with van der Waals surface area (Å²) in [6.45, 7) is 4.06. The van der Waals surface area contributed by atoms with Crippen LogP contribution in [0, 0.1) is 17.2 Å². The zero-order valence-electron chi connectivity index (χ0n) is 9.57. The van der Waals surface area contributed by atoms with Crippen molar-refractivity contribution in [3.63, 3.8) is 0 Å². The van der Waals surface area contributed by atoms with Gasteiger partial charge < -0.3 is 16.2 Å². The van der Waals surface area contributed by atoms with Gasteiger partial charge in [-0.3, -0.25) is 0 Å². The second-order valence-electron chi connectivity index (χ2n) is 4.09. The van der Waals surface area contributed by atoms with Crippen LogP contribution in [-0.4, -0.2) is 17.8 Å². The minimum Gasteiger partial charge on any atom is -0.399 e. The van der Waals surface area contributed by atoms with Gasteiger partial charge in [0.25, 0.3) is 0 Å². The Morgan fingerprint density at radius 2 is 2.19 bits per heavy atom. The quantitative estimate of drug-likeness (QED) is 0.671. The summed E-state index contributed by atoms with van der Waals surface area (Å²) >= 11 is 0. The van der Waals surface area contributed by atoms with E-state index in [0.29, 0.717) is 16.9 Å². The highest BCUT2D eigenvalue weighted by molar-refractivity contribution is 5.63. The van der Waals surface area contributed by atoms with E-state index in [1.165, 1.54) is 0 Å². The Balaban J connectivity index is 2.92. The molecule has 0 bridgehead atoms. The average Bonchev–Trinajstić information content (AvgIpc) is 2.26. The molecule has 1 rings (SSSR count). The molecule has 0 saturated carbocycles. The van der Waals surface area contributed by atoms with E-state index in [9.17, 15) is 5.11 Å². The molecule has 86 valence electrons. The van der Waals surface area contributed by atoms with Gasteiger partial charge in [0, 0.05) is 5.69 Å². The summed E-state index contributed by atoms with van der Waals surface area (Å²) in [5.41, 5.74) is 7.37. The Hall–Kier alpha value is -1.73. The molecule has 0 spiro atoms. The van der Waals surface area contributed by atoms with Crippen molar-refractivity contribution in [3.8, 4) is 6.07 Å². The van der Waals surface area contributed by atoms with Gasteiger partial charge in [-0.15, -0.1) is 0 Å². The summed E-state index contributed by atoms with van der Waals surface area (Å²) in [7, 11) is 0. The van der Waals surface area contributed by atoms with Gasteiger partial charge in [0.05, 0.1) is 23.9 Å². The van der Waals surface area contributed by atoms with Gasteiger partial charge in [-0.1, -0.05) is 13.8 Å². The molecule has 0 unspecified atom stereocenters. The lowest BCUT2D eigenvalue weighted by Gasteiger charge is -2.21. The predicted octanol–water partition coefficient (Wildman–Crippen LogP) is 1.57. The van der Waals surface area contributed by atoms with Gasteiger partial charge in [0.15, 0.2) is 0 Å². The summed E-state index contributed by atoms with van der Waals surface area (Å²) in [5.74, 6) is 0.286. The maximum Gasteiger partial charge on any atom is 0.101 e. The fourth-order valence-electron chi connectivity index (χ4n) is 1.40. The molecular weight excluding hydrogens is 202 g/mol. The van der Waals surface area contributed by atoms with Crippen molar-refractivity contribution >= 4 is 11.4 Å². The van der Waals surface area contributed by atoms with Crippen molar-refractivity contribution in [2.24, 2.45) is 5.92 Å². The standard InChI is InChI=1S/C12H17N3O/c1-8(2)12(7-16)15-11-4-3-10(14)5-9(11)6-13/h3-5,8,12,15-16H,7,14H2,1-2H3/t12-/m1/s1. The van der Waals surface area contributed by atoms with Crippen molar-refractivity contribution in [2.75, 3.05) is 17.7 Å². The zero-order chi connectivity index (χ0) is 12.1. The second kappa shape index (κ2) is 5.38. The van der Waals surface area contributed by atoms with E-state index in [1.807, 2.05) is 13.8 Å². The van der Waals surface area contributed by atoms with Crippen LogP contribution >= 0.6 is 0 Å². The first kappa shape index (κ1) is 12.3. The summed E-state index contributed by atoms with van der Waals surface area (Å²) in [6.07, 6.45) is 0. The van der Waals surface area contributed by atoms with Gasteiger partial charge in [-0.05, 0) is 24.1 Å². The van der Waals surface area contributed by atoms with E-state index < -0.39 is 0 Å². The van der Waals surface area contributed by atoms with Crippen LogP contribution in [0.5, 0.6) is 0 Å². The van der Waals surface area contributed by atoms with E-state index in [0.717, 1.165) is 0 Å². The van der Waals surface area contributed by atoms with Gasteiger partial charge in [-0.25, -0.2) is 0 Å². The summed E-state index contributed by atoms with van der Waals surface area (Å²) in [5, 5.41) is 21.3. The van der Waals surface area contributed by atoms with Crippen LogP contribution < -0.4 is 11.1 Å². The average molecular weight is 219 g/mol. The van der Waals surface area contributed by atoms with Crippen LogP contribution in [0.2, 0.25) is 0 Å². The number of nitrogens with zero attached hydrogens (tertiary/aromatic N) is 1. The predicted molar refractivity (Wildman–Crippen MR) is 64.9 cm³/mol. The van der Waals surface area contributed by atoms with Crippen LogP contribution in [0.3, 0.4) is 0 Å². The highest BCUT2D eigenvalue weighted by Crippen LogP contribution is 2.20. The number of rotatable bonds is 4. The van der Waals surface area contributed by atoms with Crippen molar-refractivity contribution in [1.29, 1.82) is 5.26 Å². The number of nitrogens with one attached hydrogen (secondary N) is 1. The Bertz CT molecular complexity index is 396. The number of nitriles is 1. The first-order chi connectivity index (χ1) is 7.58. The minimum absolute atomic E-state index is 0.0346. The third-order valence-corrected chi connectivity index (χ3v) is 2.51. The molecule has 0 aliphatic heterocycles. The van der Waals surface area contributed by atoms with Crippen molar-refractivity contribution in [2.45, 2.75) is 19.9 Å². The molecule has 0 aliphatic carbocycles. The smallest absolute Gasteiger partial charge is 0.101 e. The van der Waals surface area contributed by atoms with Crippen LogP contribution in [0.25, 0.3) is 0 Å². The number of hydrogen-bond acceptors (Lipinski definition) is 4. The molecule has 0 heterocycles. The van der Waals surface area contributed by atoms with Crippen LogP contribution in [0.4, 0.5) is 11.4 Å². The minimum atomic E-state index is -0.0595. The van der Waals surface area contributed by atoms with Gasteiger partial charge in [-0.2, -0.15) is 5.26 Å². The molecule has 4 heteroatoms. The molecule has 0 aromatic heterocycles. The molecule has 1 aromatic rings. The Morgan fingerprint density at radius 3 is 2.69 bits per heavy atom. The van der Waals surface area contributed by atoms with Crippen molar-refractivity contribution in [3.05, 3.63) is 23.8 Å². The maximum atomic E-state index is 9.21. The number of hydrogen-bond donors (Lipinski definition) is 3. The van der Waals surface area contributed by atoms with Crippen LogP contribution in [-0.2, 0) is 0 Å². The van der Waals surface area contributed by atoms with Crippen LogP contribution in [0.15, 0.2) is 18.2 Å². The highest BCUT2D eigenvalue weighted by Gasteiger charge is 2.13. The molecule has 0 radical (unpaired) electrons. The summed E-state index contributed by atoms with van der Waals surface area (Å²) in [4.78, 5) is 0. The molecular formula is C12H17N3O. The van der Waals surface area contributed by atoms with Gasteiger partial charge in [0.2, 0.25) is 0 Å². The number of aliphatic hydroxyl groups is 1. The Morgan fingerprint density at radius 1 is 1.50 bits per heavy atom. The molecule has 0 fully saturated rings. The Labute approximate surface area is 95.7 Å². The molecule has 0 aliphatic rings. The normalized spacial score (nSPS) is 12.2. The maximum absolute atomic E-state index is 9.21. The van der Waals surface area contributed by atoms with E-state index in [2.05, 4.69) is 11.4 Å². The molecule has 4 N–H and O–H groups in total. The van der Waals surface area contributed by atoms with Crippen molar-refractivity contribution < 1.29 is 5.11 Å². The summed E-state index contributed by atoms with van der Waals surface area (Å²) < 4.78 is 0. The van der Waals surface area contributed by atoms with E-state index in [-0.39, 0.29) is 18.6 Å². The molecule has 1 aromatic carbocycles. The fourth-order valence-corrected chi connectivity index (χ4v) is 1.40. The van der Waals surface area contributed by atoms with Gasteiger partial charge in [0.1, 0.15) is 6.07 Å². The number of anilines is 2. The SMILES string of the molecule is CC(C)[C@@H](CO)Nc1ccc(N)cc1C#N. The fraction of sp³-hybridized carbons (Fsp3) is 0.417. The summed E-state index contributed by atoms with van der Waals surface area (Å²) in [6, 6.07) is 7.14. The number of nitrogens with two attached hydrogens (primary N) is 1. The largest absolute Gasteiger partial charge is 0.399 e. The molecule has 1 atom stereocenters. The lowest BCUT2D eigenvalue weighted by molar-refractivity contribution is 0.249. The number of aliphatic hydroxyl groups excluding tert-OH is 1. The zero-order valence-corrected chi connectivity index (χ0v) is 9.57. The molecule has 0 amide bonds. The lowest BCUT2D eigenvalue weighted by Crippen LogP contribution is -2.29. The topological polar surface area (TPSA) is 82.1 Å². The monoisotopic (exact) mass is 219 g/mol. The highest BCUT2D eigenvalue weighted by atomic mass is 16.3. The first-order valence-electron chi connectivity index (χ1n) is 5.25. The number of benzene rings is 1. The third-order valence-electron chi connectivity index (χ3n) is 2.51. The lowest BCUT2D eigenvalue weighted by atomic mass is 10.0. The third kappa shape index (κ3) is 2.88. The molecule has 4 nitrogen and oxygen atoms in total. The second-order valence-corrected chi connectivity index (χ2v) is 4.09. The number of nitrogen functional groups attached to an aromatic ring is 1. The first-order valence-corrected chi connectivity index (χ1v) is 5.25. The van der Waals surface area contributed by atoms with Crippen molar-refractivity contribution in [1.82, 2.24) is 0 Å². The van der Waals surface area contributed by atoms with E-state index in [4.69, 9.17) is 11.0 Å². The van der Waals surface area contributed by atoms with E-state index in [1.54, 1.807) is 18.2 Å². The van der Waals surface area contributed by atoms with Crippen LogP contribution in [0.1, 0.15) is 19.4 Å². The Kier molecular flexibility index (Phi) is 4.15.